The van der Waals surface area contributed by atoms with Crippen LogP contribution in [0.25, 0.3) is 5.69 Å². The lowest BCUT2D eigenvalue weighted by Gasteiger charge is -2.10. The van der Waals surface area contributed by atoms with Gasteiger partial charge in [0.15, 0.2) is 0 Å². The van der Waals surface area contributed by atoms with E-state index in [0.29, 0.717) is 22.3 Å². The number of nitrogens with one attached hydrogen (secondary N) is 1. The Morgan fingerprint density at radius 2 is 2.25 bits per heavy atom. The average molecular weight is 293 g/mol. The van der Waals surface area contributed by atoms with Crippen molar-refractivity contribution in [2.75, 3.05) is 0 Å². The average Bonchev–Trinajstić information content (AvgIpc) is 2.86. The highest BCUT2D eigenvalue weighted by Gasteiger charge is 2.09. The van der Waals surface area contributed by atoms with Crippen LogP contribution in [0.2, 0.25) is 5.02 Å². The quantitative estimate of drug-likeness (QED) is 0.886. The van der Waals surface area contributed by atoms with Gasteiger partial charge in [-0.15, -0.1) is 0 Å². The summed E-state index contributed by atoms with van der Waals surface area (Å²) in [4.78, 5) is 11.1. The third-order valence-electron chi connectivity index (χ3n) is 2.84. The number of hydrogen-bond donors (Lipinski definition) is 2. The van der Waals surface area contributed by atoms with E-state index in [1.165, 1.54) is 6.20 Å². The molecule has 0 saturated heterocycles. The minimum absolute atomic E-state index is 0.353. The van der Waals surface area contributed by atoms with E-state index >= 15 is 0 Å². The predicted octanol–water partition coefficient (Wildman–Crippen LogP) is 2.12. The van der Waals surface area contributed by atoms with Gasteiger partial charge in [-0.2, -0.15) is 5.10 Å². The fourth-order valence-electron chi connectivity index (χ4n) is 1.75. The van der Waals surface area contributed by atoms with Gasteiger partial charge in [0, 0.05) is 18.8 Å². The van der Waals surface area contributed by atoms with Crippen molar-refractivity contribution in [3.63, 3.8) is 0 Å². The summed E-state index contributed by atoms with van der Waals surface area (Å²) < 4.78 is 1.54. The Hall–Kier alpha value is -1.85. The molecule has 0 unspecified atom stereocenters. The molecule has 0 aliphatic rings. The lowest BCUT2D eigenvalue weighted by Crippen LogP contribution is -2.21. The van der Waals surface area contributed by atoms with Crippen molar-refractivity contribution >= 4 is 17.5 Å². The number of carbonyl (C=O) groups is 1. The summed E-state index contributed by atoms with van der Waals surface area (Å²) in [5, 5.41) is 7.99. The minimum Gasteiger partial charge on any atom is -0.366 e. The van der Waals surface area contributed by atoms with Gasteiger partial charge < -0.3 is 11.1 Å². The highest BCUT2D eigenvalue weighted by Crippen LogP contribution is 2.21. The molecule has 0 atom stereocenters. The van der Waals surface area contributed by atoms with Crippen molar-refractivity contribution in [1.82, 2.24) is 15.1 Å². The first-order chi connectivity index (χ1) is 9.47. The Balaban J connectivity index is 2.22. The molecule has 1 aromatic heterocycles. The van der Waals surface area contributed by atoms with E-state index in [0.717, 1.165) is 12.1 Å². The van der Waals surface area contributed by atoms with Gasteiger partial charge in [-0.3, -0.25) is 4.79 Å². The molecule has 0 fully saturated rings. The summed E-state index contributed by atoms with van der Waals surface area (Å²) >= 11 is 6.26. The van der Waals surface area contributed by atoms with Crippen LogP contribution < -0.4 is 11.1 Å². The molecule has 106 valence electrons. The molecule has 6 heteroatoms. The Morgan fingerprint density at radius 3 is 2.80 bits per heavy atom. The van der Waals surface area contributed by atoms with Gasteiger partial charge in [0.05, 0.1) is 22.5 Å². The largest absolute Gasteiger partial charge is 0.366 e. The number of primary amides is 1. The zero-order valence-electron chi connectivity index (χ0n) is 11.4. The number of benzene rings is 1. The van der Waals surface area contributed by atoms with Crippen LogP contribution in [-0.2, 0) is 6.54 Å². The first-order valence-electron chi connectivity index (χ1n) is 6.34. The van der Waals surface area contributed by atoms with Crippen LogP contribution in [0.1, 0.15) is 29.8 Å². The summed E-state index contributed by atoms with van der Waals surface area (Å²) in [6.45, 7) is 4.93. The number of rotatable bonds is 5. The second kappa shape index (κ2) is 6.07. The van der Waals surface area contributed by atoms with E-state index in [-0.39, 0.29) is 0 Å². The third kappa shape index (κ3) is 3.37. The van der Waals surface area contributed by atoms with Crippen LogP contribution in [0, 0.1) is 0 Å². The van der Waals surface area contributed by atoms with Crippen molar-refractivity contribution in [2.45, 2.75) is 26.4 Å². The van der Waals surface area contributed by atoms with Crippen molar-refractivity contribution in [2.24, 2.45) is 5.73 Å². The predicted molar refractivity (Wildman–Crippen MR) is 79.1 cm³/mol. The van der Waals surface area contributed by atoms with Crippen LogP contribution >= 0.6 is 11.6 Å². The second-order valence-corrected chi connectivity index (χ2v) is 5.27. The molecule has 3 N–H and O–H groups in total. The monoisotopic (exact) mass is 292 g/mol. The molecular formula is C14H17ClN4O. The van der Waals surface area contributed by atoms with E-state index < -0.39 is 5.91 Å². The van der Waals surface area contributed by atoms with E-state index in [9.17, 15) is 4.79 Å². The standard InChI is InChI=1S/C14H17ClN4O/c1-9(2)17-6-10-3-4-13(12(15)5-10)19-8-11(7-18-19)14(16)20/h3-5,7-9,17H,6H2,1-2H3,(H2,16,20). The third-order valence-corrected chi connectivity index (χ3v) is 3.14. The number of carbonyl (C=O) groups excluding carboxylic acids is 1. The number of amides is 1. The van der Waals surface area contributed by atoms with E-state index in [2.05, 4.69) is 24.3 Å². The first-order valence-corrected chi connectivity index (χ1v) is 6.72. The first kappa shape index (κ1) is 14.6. The highest BCUT2D eigenvalue weighted by atomic mass is 35.5. The lowest BCUT2D eigenvalue weighted by atomic mass is 10.2. The molecule has 1 heterocycles. The summed E-state index contributed by atoms with van der Waals surface area (Å²) in [5.74, 6) is -0.509. The molecule has 5 nitrogen and oxygen atoms in total. The van der Waals surface area contributed by atoms with E-state index in [1.807, 2.05) is 18.2 Å². The zero-order valence-corrected chi connectivity index (χ0v) is 12.2. The van der Waals surface area contributed by atoms with Crippen LogP contribution in [-0.4, -0.2) is 21.7 Å². The molecule has 1 aromatic carbocycles. The molecule has 2 rings (SSSR count). The van der Waals surface area contributed by atoms with Gasteiger partial charge >= 0.3 is 0 Å². The number of hydrogen-bond acceptors (Lipinski definition) is 3. The molecule has 0 aliphatic carbocycles. The molecule has 2 aromatic rings. The molecule has 0 aliphatic heterocycles. The van der Waals surface area contributed by atoms with Crippen LogP contribution in [0.5, 0.6) is 0 Å². The van der Waals surface area contributed by atoms with Crippen molar-refractivity contribution in [3.8, 4) is 5.69 Å². The van der Waals surface area contributed by atoms with Gasteiger partial charge in [0.2, 0.25) is 0 Å². The van der Waals surface area contributed by atoms with Crippen molar-refractivity contribution in [1.29, 1.82) is 0 Å². The number of nitrogens with zero attached hydrogens (tertiary/aromatic N) is 2. The van der Waals surface area contributed by atoms with Crippen molar-refractivity contribution < 1.29 is 4.79 Å². The molecular weight excluding hydrogens is 276 g/mol. The molecule has 1 amide bonds. The topological polar surface area (TPSA) is 72.9 Å². The second-order valence-electron chi connectivity index (χ2n) is 4.86. The van der Waals surface area contributed by atoms with Gasteiger partial charge in [-0.1, -0.05) is 31.5 Å². The Labute approximate surface area is 122 Å². The van der Waals surface area contributed by atoms with Gasteiger partial charge in [-0.25, -0.2) is 4.68 Å². The Kier molecular flexibility index (Phi) is 4.42. The number of halogens is 1. The maximum Gasteiger partial charge on any atom is 0.251 e. The van der Waals surface area contributed by atoms with Gasteiger partial charge in [0.1, 0.15) is 0 Å². The molecule has 20 heavy (non-hydrogen) atoms. The van der Waals surface area contributed by atoms with E-state index in [1.54, 1.807) is 10.9 Å². The van der Waals surface area contributed by atoms with Crippen molar-refractivity contribution in [3.05, 3.63) is 46.7 Å². The summed E-state index contributed by atoms with van der Waals surface area (Å²) in [6.07, 6.45) is 2.99. The smallest absolute Gasteiger partial charge is 0.251 e. The fraction of sp³-hybridized carbons (Fsp3) is 0.286. The number of nitrogens with two attached hydrogens (primary N) is 1. The van der Waals surface area contributed by atoms with E-state index in [4.69, 9.17) is 17.3 Å². The fourth-order valence-corrected chi connectivity index (χ4v) is 2.04. The summed E-state index contributed by atoms with van der Waals surface area (Å²) in [6, 6.07) is 6.15. The maximum absolute atomic E-state index is 11.1. The maximum atomic E-state index is 11.1. The van der Waals surface area contributed by atoms with Crippen LogP contribution in [0.4, 0.5) is 0 Å². The molecule has 0 bridgehead atoms. The van der Waals surface area contributed by atoms with Crippen LogP contribution in [0.15, 0.2) is 30.6 Å². The van der Waals surface area contributed by atoms with Gasteiger partial charge in [-0.05, 0) is 17.7 Å². The molecule has 0 radical (unpaired) electrons. The Bertz CT molecular complexity index is 621. The van der Waals surface area contributed by atoms with Crippen LogP contribution in [0.3, 0.4) is 0 Å². The summed E-state index contributed by atoms with van der Waals surface area (Å²) in [7, 11) is 0. The molecule has 0 saturated carbocycles. The minimum atomic E-state index is -0.509. The molecule has 0 spiro atoms. The lowest BCUT2D eigenvalue weighted by molar-refractivity contribution is 0.100. The summed E-state index contributed by atoms with van der Waals surface area (Å²) in [5.41, 5.74) is 7.36. The SMILES string of the molecule is CC(C)NCc1ccc(-n2cc(C(N)=O)cn2)c(Cl)c1. The Morgan fingerprint density at radius 1 is 1.50 bits per heavy atom. The highest BCUT2D eigenvalue weighted by molar-refractivity contribution is 6.32. The zero-order chi connectivity index (χ0) is 14.7. The van der Waals surface area contributed by atoms with Gasteiger partial charge in [0.25, 0.3) is 5.91 Å². The normalized spacial score (nSPS) is 11.0. The number of aromatic nitrogens is 2.